The molecule has 0 amide bonds. The topological polar surface area (TPSA) is 29.5 Å². The van der Waals surface area contributed by atoms with Crippen molar-refractivity contribution in [3.05, 3.63) is 29.3 Å². The number of rotatable bonds is 2. The summed E-state index contributed by atoms with van der Waals surface area (Å²) >= 11 is 0. The normalized spacial score (nSPS) is 24.6. The molecule has 1 N–H and O–H groups in total. The highest BCUT2D eigenvalue weighted by molar-refractivity contribution is 5.43. The van der Waals surface area contributed by atoms with Gasteiger partial charge in [-0.25, -0.2) is 0 Å². The largest absolute Gasteiger partial charge is 0.490 e. The van der Waals surface area contributed by atoms with Crippen LogP contribution in [0.3, 0.4) is 0 Å². The standard InChI is InChI=1S/C16H22O2/c17-15-10-4-9-14-13(15)8-5-11-16(14)18-12-6-2-1-3-7-12/h5,8,11-12,15,17H,1-4,6-7,9-10H2. The van der Waals surface area contributed by atoms with Crippen LogP contribution in [0.1, 0.15) is 62.2 Å². The van der Waals surface area contributed by atoms with Crippen molar-refractivity contribution in [3.8, 4) is 5.75 Å². The van der Waals surface area contributed by atoms with Gasteiger partial charge < -0.3 is 9.84 Å². The summed E-state index contributed by atoms with van der Waals surface area (Å²) in [5, 5.41) is 10.0. The molecule has 3 rings (SSSR count). The van der Waals surface area contributed by atoms with Gasteiger partial charge in [-0.1, -0.05) is 18.6 Å². The molecule has 1 saturated carbocycles. The Morgan fingerprint density at radius 2 is 1.83 bits per heavy atom. The van der Waals surface area contributed by atoms with Crippen molar-refractivity contribution >= 4 is 0 Å². The lowest BCUT2D eigenvalue weighted by Gasteiger charge is -2.28. The van der Waals surface area contributed by atoms with Crippen molar-refractivity contribution in [2.45, 2.75) is 63.6 Å². The Morgan fingerprint density at radius 1 is 1.00 bits per heavy atom. The maximum absolute atomic E-state index is 10.0. The quantitative estimate of drug-likeness (QED) is 0.860. The molecule has 1 aromatic carbocycles. The molecule has 1 unspecified atom stereocenters. The summed E-state index contributed by atoms with van der Waals surface area (Å²) in [5.74, 6) is 1.03. The summed E-state index contributed by atoms with van der Waals surface area (Å²) in [4.78, 5) is 0. The predicted octanol–water partition coefficient (Wildman–Crippen LogP) is 3.77. The van der Waals surface area contributed by atoms with E-state index < -0.39 is 0 Å². The molecular weight excluding hydrogens is 224 g/mol. The molecule has 1 aromatic rings. The van der Waals surface area contributed by atoms with Crippen LogP contribution in [-0.4, -0.2) is 11.2 Å². The van der Waals surface area contributed by atoms with Gasteiger partial charge in [-0.05, 0) is 62.1 Å². The highest BCUT2D eigenvalue weighted by atomic mass is 16.5. The van der Waals surface area contributed by atoms with E-state index in [9.17, 15) is 5.11 Å². The van der Waals surface area contributed by atoms with Crippen molar-refractivity contribution < 1.29 is 9.84 Å². The van der Waals surface area contributed by atoms with Crippen LogP contribution in [0.2, 0.25) is 0 Å². The molecule has 0 bridgehead atoms. The van der Waals surface area contributed by atoms with Crippen molar-refractivity contribution in [1.29, 1.82) is 0 Å². The monoisotopic (exact) mass is 246 g/mol. The predicted molar refractivity (Wildman–Crippen MR) is 71.8 cm³/mol. The van der Waals surface area contributed by atoms with Gasteiger partial charge in [0.25, 0.3) is 0 Å². The molecular formula is C16H22O2. The fourth-order valence-electron chi connectivity index (χ4n) is 3.26. The number of ether oxygens (including phenoxy) is 1. The van der Waals surface area contributed by atoms with Crippen molar-refractivity contribution in [2.75, 3.05) is 0 Å². The molecule has 2 nitrogen and oxygen atoms in total. The lowest BCUT2D eigenvalue weighted by Crippen LogP contribution is -2.21. The van der Waals surface area contributed by atoms with E-state index in [0.717, 1.165) is 30.6 Å². The number of aliphatic hydroxyl groups is 1. The van der Waals surface area contributed by atoms with Crippen LogP contribution in [0.5, 0.6) is 5.75 Å². The van der Waals surface area contributed by atoms with Crippen molar-refractivity contribution in [1.82, 2.24) is 0 Å². The Labute approximate surface area is 109 Å². The fraction of sp³-hybridized carbons (Fsp3) is 0.625. The van der Waals surface area contributed by atoms with E-state index in [4.69, 9.17) is 4.74 Å². The Bertz CT molecular complexity index is 408. The molecule has 2 aliphatic rings. The van der Waals surface area contributed by atoms with Crippen LogP contribution < -0.4 is 4.74 Å². The average Bonchev–Trinajstić information content (AvgIpc) is 2.41. The Hall–Kier alpha value is -1.02. The summed E-state index contributed by atoms with van der Waals surface area (Å²) in [6.07, 6.45) is 9.43. The fourth-order valence-corrected chi connectivity index (χ4v) is 3.26. The third-order valence-corrected chi connectivity index (χ3v) is 4.28. The zero-order chi connectivity index (χ0) is 12.4. The zero-order valence-corrected chi connectivity index (χ0v) is 10.9. The third-order valence-electron chi connectivity index (χ3n) is 4.28. The Morgan fingerprint density at radius 3 is 2.67 bits per heavy atom. The first-order valence-electron chi connectivity index (χ1n) is 7.31. The van der Waals surface area contributed by atoms with E-state index in [0.29, 0.717) is 6.10 Å². The molecule has 0 aromatic heterocycles. The van der Waals surface area contributed by atoms with Gasteiger partial charge in [0.05, 0.1) is 12.2 Å². The first-order valence-corrected chi connectivity index (χ1v) is 7.31. The minimum atomic E-state index is -0.288. The van der Waals surface area contributed by atoms with Gasteiger partial charge in [0.1, 0.15) is 5.75 Å². The van der Waals surface area contributed by atoms with E-state index in [1.165, 1.54) is 37.7 Å². The highest BCUT2D eigenvalue weighted by Crippen LogP contribution is 2.36. The van der Waals surface area contributed by atoms with Gasteiger partial charge >= 0.3 is 0 Å². The molecule has 2 aliphatic carbocycles. The maximum Gasteiger partial charge on any atom is 0.123 e. The molecule has 0 saturated heterocycles. The average molecular weight is 246 g/mol. The minimum Gasteiger partial charge on any atom is -0.490 e. The molecule has 0 aliphatic heterocycles. The van der Waals surface area contributed by atoms with Gasteiger partial charge in [-0.2, -0.15) is 0 Å². The maximum atomic E-state index is 10.0. The lowest BCUT2D eigenvalue weighted by molar-refractivity contribution is 0.141. The van der Waals surface area contributed by atoms with Gasteiger partial charge in [-0.15, -0.1) is 0 Å². The molecule has 0 radical (unpaired) electrons. The van der Waals surface area contributed by atoms with E-state index in [1.54, 1.807) is 0 Å². The summed E-state index contributed by atoms with van der Waals surface area (Å²) in [5.41, 5.74) is 2.34. The number of hydrogen-bond donors (Lipinski definition) is 1. The van der Waals surface area contributed by atoms with E-state index >= 15 is 0 Å². The van der Waals surface area contributed by atoms with Gasteiger partial charge in [0.15, 0.2) is 0 Å². The van der Waals surface area contributed by atoms with Crippen molar-refractivity contribution in [2.24, 2.45) is 0 Å². The second-order valence-electron chi connectivity index (χ2n) is 5.61. The summed E-state index contributed by atoms with van der Waals surface area (Å²) in [6.45, 7) is 0. The van der Waals surface area contributed by atoms with Crippen LogP contribution >= 0.6 is 0 Å². The molecule has 1 fully saturated rings. The summed E-state index contributed by atoms with van der Waals surface area (Å²) in [6, 6.07) is 6.14. The molecule has 18 heavy (non-hydrogen) atoms. The first-order chi connectivity index (χ1) is 8.84. The zero-order valence-electron chi connectivity index (χ0n) is 10.9. The molecule has 0 heterocycles. The second kappa shape index (κ2) is 5.31. The number of benzene rings is 1. The molecule has 1 atom stereocenters. The number of fused-ring (bicyclic) bond motifs is 1. The first kappa shape index (κ1) is 12.0. The van der Waals surface area contributed by atoms with E-state index in [2.05, 4.69) is 6.07 Å². The Kier molecular flexibility index (Phi) is 3.55. The molecule has 2 heteroatoms. The van der Waals surface area contributed by atoms with Crippen molar-refractivity contribution in [3.63, 3.8) is 0 Å². The van der Waals surface area contributed by atoms with Crippen LogP contribution in [0.4, 0.5) is 0 Å². The lowest BCUT2D eigenvalue weighted by atomic mass is 9.88. The Balaban J connectivity index is 1.81. The van der Waals surface area contributed by atoms with Crippen LogP contribution in [0.15, 0.2) is 18.2 Å². The summed E-state index contributed by atoms with van der Waals surface area (Å²) in [7, 11) is 0. The van der Waals surface area contributed by atoms with Gasteiger partial charge in [0.2, 0.25) is 0 Å². The van der Waals surface area contributed by atoms with Crippen LogP contribution in [-0.2, 0) is 6.42 Å². The van der Waals surface area contributed by atoms with E-state index in [-0.39, 0.29) is 6.10 Å². The summed E-state index contributed by atoms with van der Waals surface area (Å²) < 4.78 is 6.19. The SMILES string of the molecule is OC1CCCc2c(OC3CCCCC3)cccc21. The third kappa shape index (κ3) is 2.39. The minimum absolute atomic E-state index is 0.288. The van der Waals surface area contributed by atoms with Crippen LogP contribution in [0, 0.1) is 0 Å². The highest BCUT2D eigenvalue weighted by Gasteiger charge is 2.23. The molecule has 0 spiro atoms. The second-order valence-corrected chi connectivity index (χ2v) is 5.61. The molecule has 98 valence electrons. The van der Waals surface area contributed by atoms with Crippen LogP contribution in [0.25, 0.3) is 0 Å². The van der Waals surface area contributed by atoms with E-state index in [1.807, 2.05) is 12.1 Å². The smallest absolute Gasteiger partial charge is 0.123 e. The number of hydrogen-bond acceptors (Lipinski definition) is 2. The van der Waals surface area contributed by atoms with Gasteiger partial charge in [0, 0.05) is 0 Å². The number of aliphatic hydroxyl groups excluding tert-OH is 1. The van der Waals surface area contributed by atoms with Gasteiger partial charge in [-0.3, -0.25) is 0 Å².